The molecule has 0 heterocycles. The van der Waals surface area contributed by atoms with E-state index in [-0.39, 0.29) is 46.5 Å². The largest absolute Gasteiger partial charge is 0.508 e. The zero-order chi connectivity index (χ0) is 32.6. The van der Waals surface area contributed by atoms with Gasteiger partial charge in [-0.2, -0.15) is 0 Å². The summed E-state index contributed by atoms with van der Waals surface area (Å²) < 4.78 is 6.26. The van der Waals surface area contributed by atoms with Gasteiger partial charge in [-0.25, -0.2) is 4.79 Å². The highest BCUT2D eigenvalue weighted by Gasteiger charge is 2.71. The molecule has 4 fully saturated rings. The lowest BCUT2D eigenvalue weighted by Gasteiger charge is -2.71. The van der Waals surface area contributed by atoms with Gasteiger partial charge in [-0.3, -0.25) is 4.79 Å². The van der Waals surface area contributed by atoms with E-state index in [1.165, 1.54) is 11.6 Å². The van der Waals surface area contributed by atoms with Crippen molar-refractivity contribution in [2.45, 2.75) is 105 Å². The fraction of sp³-hybridized carbons (Fsp3) is 0.692. The van der Waals surface area contributed by atoms with Crippen molar-refractivity contribution in [2.24, 2.45) is 56.7 Å². The normalized spacial score (nSPS) is 43.7. The van der Waals surface area contributed by atoms with Gasteiger partial charge in [0.05, 0.1) is 11.5 Å². The molecule has 0 radical (unpaired) electrons. The Kier molecular flexibility index (Phi) is 7.90. The minimum Gasteiger partial charge on any atom is -0.508 e. The minimum atomic E-state index is -0.773. The summed E-state index contributed by atoms with van der Waals surface area (Å²) in [4.78, 5) is 26.5. The lowest BCUT2D eigenvalue weighted by molar-refractivity contribution is -0.218. The zero-order valence-electron chi connectivity index (χ0n) is 28.1. The van der Waals surface area contributed by atoms with Gasteiger partial charge in [-0.1, -0.05) is 65.3 Å². The first-order valence-electron chi connectivity index (χ1n) is 17.4. The van der Waals surface area contributed by atoms with Gasteiger partial charge < -0.3 is 20.1 Å². The Balaban J connectivity index is 1.42. The second-order valence-electron chi connectivity index (χ2n) is 16.8. The number of aliphatic hydroxyl groups excluding tert-OH is 1. The van der Waals surface area contributed by atoms with Crippen LogP contribution in [0.3, 0.4) is 0 Å². The van der Waals surface area contributed by atoms with E-state index in [1.807, 2.05) is 0 Å². The number of hydrogen-bond donors (Lipinski definition) is 3. The Labute approximate surface area is 269 Å². The van der Waals surface area contributed by atoms with Gasteiger partial charge >= 0.3 is 11.9 Å². The van der Waals surface area contributed by atoms with Crippen LogP contribution in [0.15, 0.2) is 42.0 Å². The Bertz CT molecular complexity index is 1390. The molecule has 0 saturated heterocycles. The number of benzene rings is 1. The van der Waals surface area contributed by atoms with E-state index in [9.17, 15) is 24.9 Å². The molecule has 0 spiro atoms. The van der Waals surface area contributed by atoms with E-state index in [4.69, 9.17) is 4.74 Å². The van der Waals surface area contributed by atoms with Gasteiger partial charge in [0.2, 0.25) is 0 Å². The van der Waals surface area contributed by atoms with E-state index < -0.39 is 22.8 Å². The third kappa shape index (κ3) is 4.66. The number of allylic oxidation sites excluding steroid dienone is 1. The summed E-state index contributed by atoms with van der Waals surface area (Å²) in [5.74, 6) is 0.422. The standard InChI is InChI=1S/C39H54O6/c1-24-15-20-38(34(43)44)21-22-39(23-45-32(42)14-9-26-7-10-27(40)11-8-26)28(33(38)25(24)2)12-13-30-36(5)18-17-31(41)35(3,4)29(36)16-19-37(30,39)6/h7-12,14,24-25,29-31,33,40-41H,13,15-23H2,1-6H3,(H,43,44)/b14-9-/t24-,25+,29+,30-,31+,33+,36+,37-,38+,39+/m1/s1. The van der Waals surface area contributed by atoms with E-state index in [1.54, 1.807) is 30.3 Å². The number of fused-ring (bicyclic) bond motifs is 7. The van der Waals surface area contributed by atoms with Gasteiger partial charge in [0.25, 0.3) is 0 Å². The number of hydrogen-bond acceptors (Lipinski definition) is 5. The maximum absolute atomic E-state index is 13.3. The number of rotatable bonds is 5. The molecule has 6 rings (SSSR count). The molecule has 4 saturated carbocycles. The number of carboxylic acids is 1. The number of aromatic hydroxyl groups is 1. The van der Waals surface area contributed by atoms with Crippen molar-refractivity contribution in [3.63, 3.8) is 0 Å². The van der Waals surface area contributed by atoms with Crippen LogP contribution < -0.4 is 0 Å². The van der Waals surface area contributed by atoms with Crippen molar-refractivity contribution in [3.8, 4) is 5.75 Å². The Morgan fingerprint density at radius 2 is 1.64 bits per heavy atom. The van der Waals surface area contributed by atoms with E-state index in [2.05, 4.69) is 47.6 Å². The van der Waals surface area contributed by atoms with E-state index in [0.29, 0.717) is 37.0 Å². The highest BCUT2D eigenvalue weighted by atomic mass is 16.5. The number of ether oxygens (including phenoxy) is 1. The predicted molar refractivity (Wildman–Crippen MR) is 175 cm³/mol. The first-order valence-corrected chi connectivity index (χ1v) is 17.4. The molecular weight excluding hydrogens is 564 g/mol. The average Bonchev–Trinajstić information content (AvgIpc) is 2.99. The number of carbonyl (C=O) groups is 2. The Morgan fingerprint density at radius 3 is 2.33 bits per heavy atom. The molecule has 1 aromatic rings. The third-order valence-corrected chi connectivity index (χ3v) is 14.8. The van der Waals surface area contributed by atoms with Crippen LogP contribution in [0.4, 0.5) is 0 Å². The highest BCUT2D eigenvalue weighted by Crippen LogP contribution is 2.76. The van der Waals surface area contributed by atoms with Gasteiger partial charge in [0.15, 0.2) is 0 Å². The van der Waals surface area contributed by atoms with Crippen molar-refractivity contribution in [2.75, 3.05) is 6.61 Å². The van der Waals surface area contributed by atoms with Crippen molar-refractivity contribution in [1.82, 2.24) is 0 Å². The van der Waals surface area contributed by atoms with Crippen molar-refractivity contribution < 1.29 is 29.6 Å². The summed E-state index contributed by atoms with van der Waals surface area (Å²) in [6.45, 7) is 14.2. The molecule has 45 heavy (non-hydrogen) atoms. The fourth-order valence-corrected chi connectivity index (χ4v) is 12.0. The molecule has 5 aliphatic rings. The number of carbonyl (C=O) groups excluding carboxylic acids is 1. The van der Waals surface area contributed by atoms with Crippen LogP contribution in [0.5, 0.6) is 5.75 Å². The second-order valence-corrected chi connectivity index (χ2v) is 16.8. The van der Waals surface area contributed by atoms with Gasteiger partial charge in [-0.05, 0) is 127 Å². The van der Waals surface area contributed by atoms with Crippen molar-refractivity contribution in [1.29, 1.82) is 0 Å². The molecule has 0 amide bonds. The quantitative estimate of drug-likeness (QED) is 0.175. The highest BCUT2D eigenvalue weighted by molar-refractivity contribution is 5.87. The molecule has 5 aliphatic carbocycles. The second kappa shape index (κ2) is 11.0. The maximum Gasteiger partial charge on any atom is 0.330 e. The first-order chi connectivity index (χ1) is 21.1. The number of carboxylic acid groups (broad SMARTS) is 1. The smallest absolute Gasteiger partial charge is 0.330 e. The van der Waals surface area contributed by atoms with E-state index >= 15 is 0 Å². The van der Waals surface area contributed by atoms with Gasteiger partial charge in [0.1, 0.15) is 12.4 Å². The molecule has 10 atom stereocenters. The number of esters is 1. The number of aliphatic hydroxyl groups is 1. The molecular formula is C39H54O6. The predicted octanol–water partition coefficient (Wildman–Crippen LogP) is 8.03. The molecule has 0 aromatic heterocycles. The molecule has 3 N–H and O–H groups in total. The summed E-state index contributed by atoms with van der Waals surface area (Å²) in [6, 6.07) is 6.70. The lowest BCUT2D eigenvalue weighted by Crippen LogP contribution is -2.67. The van der Waals surface area contributed by atoms with Crippen molar-refractivity contribution >= 4 is 18.0 Å². The summed E-state index contributed by atoms with van der Waals surface area (Å²) in [5.41, 5.74) is 0.520. The monoisotopic (exact) mass is 618 g/mol. The van der Waals surface area contributed by atoms with Crippen molar-refractivity contribution in [3.05, 3.63) is 47.6 Å². The Morgan fingerprint density at radius 1 is 0.933 bits per heavy atom. The lowest BCUT2D eigenvalue weighted by atomic mass is 9.33. The maximum atomic E-state index is 13.3. The zero-order valence-corrected chi connectivity index (χ0v) is 28.1. The van der Waals surface area contributed by atoms with Crippen LogP contribution >= 0.6 is 0 Å². The molecule has 0 bridgehead atoms. The summed E-state index contributed by atoms with van der Waals surface area (Å²) in [7, 11) is 0. The number of aliphatic carboxylic acids is 1. The summed E-state index contributed by atoms with van der Waals surface area (Å²) in [5, 5.41) is 31.6. The van der Waals surface area contributed by atoms with Crippen LogP contribution in [0.25, 0.3) is 6.08 Å². The number of phenols is 1. The van der Waals surface area contributed by atoms with Crippen LogP contribution in [-0.4, -0.2) is 40.0 Å². The molecule has 1 aromatic carbocycles. The minimum absolute atomic E-state index is 0.0281. The topological polar surface area (TPSA) is 104 Å². The van der Waals surface area contributed by atoms with Gasteiger partial charge in [-0.15, -0.1) is 0 Å². The van der Waals surface area contributed by atoms with Crippen LogP contribution in [0, 0.1) is 56.7 Å². The molecule has 6 heteroatoms. The van der Waals surface area contributed by atoms with Crippen LogP contribution in [-0.2, 0) is 14.3 Å². The van der Waals surface area contributed by atoms with Crippen LogP contribution in [0.2, 0.25) is 0 Å². The SMILES string of the molecule is C[C@H]1[C@H](C)CC[C@]2(C(=O)O)CC[C@]3(COC(=O)/C=C\c4ccc(O)cc4)C(=CC[C@@H]4[C@@]5(C)CC[C@H](O)C(C)(C)[C@@H]5CC[C@]43C)[C@H]12. The molecule has 0 unspecified atom stereocenters. The summed E-state index contributed by atoms with van der Waals surface area (Å²) >= 11 is 0. The van der Waals surface area contributed by atoms with Gasteiger partial charge in [0, 0.05) is 11.5 Å². The summed E-state index contributed by atoms with van der Waals surface area (Å²) in [6.07, 6.45) is 12.9. The Hall–Kier alpha value is -2.60. The third-order valence-electron chi connectivity index (χ3n) is 14.8. The first kappa shape index (κ1) is 32.3. The number of phenolic OH excluding ortho intramolecular Hbond substituents is 1. The van der Waals surface area contributed by atoms with Crippen LogP contribution in [0.1, 0.15) is 105 Å². The average molecular weight is 619 g/mol. The molecule has 6 nitrogen and oxygen atoms in total. The van der Waals surface area contributed by atoms with E-state index in [0.717, 1.165) is 44.1 Å². The molecule has 246 valence electrons. The molecule has 0 aliphatic heterocycles. The fourth-order valence-electron chi connectivity index (χ4n) is 12.0.